The van der Waals surface area contributed by atoms with Crippen molar-refractivity contribution in [2.24, 2.45) is 5.92 Å². The summed E-state index contributed by atoms with van der Waals surface area (Å²) in [7, 11) is 0. The van der Waals surface area contributed by atoms with Crippen LogP contribution >= 0.6 is 11.3 Å². The zero-order chi connectivity index (χ0) is 14.9. The van der Waals surface area contributed by atoms with Crippen LogP contribution in [0.25, 0.3) is 5.13 Å². The van der Waals surface area contributed by atoms with Gasteiger partial charge in [-0.2, -0.15) is 0 Å². The molecule has 0 unspecified atom stereocenters. The van der Waals surface area contributed by atoms with Crippen LogP contribution in [0.15, 0.2) is 24.5 Å². The van der Waals surface area contributed by atoms with Gasteiger partial charge in [0.15, 0.2) is 0 Å². The zero-order valence-electron chi connectivity index (χ0n) is 12.3. The average Bonchev–Trinajstić information content (AvgIpc) is 3.05. The summed E-state index contributed by atoms with van der Waals surface area (Å²) >= 11 is 1.59. The molecular weight excluding hydrogens is 298 g/mol. The van der Waals surface area contributed by atoms with Gasteiger partial charge in [-0.05, 0) is 37.8 Å². The van der Waals surface area contributed by atoms with Crippen LogP contribution in [0.3, 0.4) is 0 Å². The molecule has 1 N–H and O–H groups in total. The van der Waals surface area contributed by atoms with Crippen LogP contribution in [0.1, 0.15) is 25.7 Å². The Hall–Kier alpha value is -1.89. The topological polar surface area (TPSA) is 63.1 Å². The van der Waals surface area contributed by atoms with Crippen LogP contribution < -0.4 is 10.2 Å². The molecule has 1 saturated carbocycles. The van der Waals surface area contributed by atoms with Gasteiger partial charge in [-0.3, -0.25) is 9.36 Å². The molecule has 0 atom stereocenters. The Morgan fingerprint density at radius 2 is 1.77 bits per heavy atom. The third-order valence-corrected chi connectivity index (χ3v) is 5.29. The fraction of sp³-hybridized carbons (Fsp3) is 0.533. The van der Waals surface area contributed by atoms with E-state index in [-0.39, 0.29) is 11.8 Å². The summed E-state index contributed by atoms with van der Waals surface area (Å²) in [6, 6.07) is 4.41. The van der Waals surface area contributed by atoms with E-state index in [1.165, 1.54) is 0 Å². The minimum atomic E-state index is 0.161. The fourth-order valence-electron chi connectivity index (χ4n) is 2.78. The third-order valence-electron chi connectivity index (χ3n) is 4.29. The second-order valence-corrected chi connectivity index (χ2v) is 6.94. The fourth-order valence-corrected chi connectivity index (χ4v) is 3.65. The number of nitrogens with one attached hydrogen (secondary N) is 1. The number of rotatable bonds is 4. The lowest BCUT2D eigenvalue weighted by atomic mass is 9.96. The van der Waals surface area contributed by atoms with E-state index in [2.05, 4.69) is 20.4 Å². The lowest BCUT2D eigenvalue weighted by Gasteiger charge is -2.30. The highest BCUT2D eigenvalue weighted by Crippen LogP contribution is 2.28. The zero-order valence-corrected chi connectivity index (χ0v) is 13.1. The quantitative estimate of drug-likeness (QED) is 0.934. The van der Waals surface area contributed by atoms with Crippen molar-refractivity contribution in [2.75, 3.05) is 18.0 Å². The molecule has 0 radical (unpaired) electrons. The molecule has 22 heavy (non-hydrogen) atoms. The highest BCUT2D eigenvalue weighted by Gasteiger charge is 2.30. The van der Waals surface area contributed by atoms with Crippen molar-refractivity contribution >= 4 is 22.4 Å². The predicted octanol–water partition coefficient (Wildman–Crippen LogP) is 1.82. The highest BCUT2D eigenvalue weighted by atomic mass is 32.1. The molecule has 0 bridgehead atoms. The molecule has 2 aromatic heterocycles. The molecule has 6 nitrogen and oxygen atoms in total. The van der Waals surface area contributed by atoms with Crippen molar-refractivity contribution in [3.8, 4) is 5.13 Å². The van der Waals surface area contributed by atoms with Crippen LogP contribution in [0.4, 0.5) is 5.13 Å². The Bertz CT molecular complexity index is 641. The van der Waals surface area contributed by atoms with Gasteiger partial charge in [0, 0.05) is 37.4 Å². The highest BCUT2D eigenvalue weighted by molar-refractivity contribution is 7.17. The van der Waals surface area contributed by atoms with Gasteiger partial charge in [0.1, 0.15) is 0 Å². The van der Waals surface area contributed by atoms with Gasteiger partial charge in [0.25, 0.3) is 0 Å². The first kappa shape index (κ1) is 13.8. The summed E-state index contributed by atoms with van der Waals surface area (Å²) in [5.74, 6) is 0.404. The minimum absolute atomic E-state index is 0.161. The standard InChI is InChI=1S/C15H19N5OS/c21-13(16-12-3-4-12)11-5-9-20(10-6-11)15-18-17-14(22-15)19-7-1-2-8-19/h1-2,7-8,11-12H,3-6,9-10H2,(H,16,21). The number of hydrogen-bond acceptors (Lipinski definition) is 5. The second-order valence-electron chi connectivity index (χ2n) is 6.00. The molecular formula is C15H19N5OS. The molecule has 1 aliphatic carbocycles. The normalized spacial score (nSPS) is 19.4. The van der Waals surface area contributed by atoms with Crippen molar-refractivity contribution < 1.29 is 4.79 Å². The van der Waals surface area contributed by atoms with E-state index in [1.807, 2.05) is 29.1 Å². The Morgan fingerprint density at radius 3 is 2.45 bits per heavy atom. The Morgan fingerprint density at radius 1 is 1.09 bits per heavy atom. The van der Waals surface area contributed by atoms with Crippen LogP contribution in [0.5, 0.6) is 0 Å². The number of anilines is 1. The predicted molar refractivity (Wildman–Crippen MR) is 85.3 cm³/mol. The molecule has 3 heterocycles. The van der Waals surface area contributed by atoms with E-state index >= 15 is 0 Å². The molecule has 1 amide bonds. The maximum absolute atomic E-state index is 12.1. The molecule has 2 aromatic rings. The molecule has 1 aliphatic heterocycles. The van der Waals surface area contributed by atoms with Crippen molar-refractivity contribution in [2.45, 2.75) is 31.7 Å². The number of hydrogen-bond donors (Lipinski definition) is 1. The Kier molecular flexibility index (Phi) is 3.57. The van der Waals surface area contributed by atoms with Crippen LogP contribution in [0, 0.1) is 5.92 Å². The number of carbonyl (C=O) groups is 1. The number of amides is 1. The van der Waals surface area contributed by atoms with Gasteiger partial charge < -0.3 is 10.2 Å². The molecule has 0 aromatic carbocycles. The van der Waals surface area contributed by atoms with Crippen LogP contribution in [-0.2, 0) is 4.79 Å². The number of nitrogens with zero attached hydrogens (tertiary/aromatic N) is 4. The number of piperidine rings is 1. The smallest absolute Gasteiger partial charge is 0.223 e. The second kappa shape index (κ2) is 5.72. The van der Waals surface area contributed by atoms with E-state index in [0.29, 0.717) is 6.04 Å². The molecule has 4 rings (SSSR count). The van der Waals surface area contributed by atoms with E-state index < -0.39 is 0 Å². The van der Waals surface area contributed by atoms with Gasteiger partial charge in [-0.15, -0.1) is 10.2 Å². The molecule has 0 spiro atoms. The Labute approximate surface area is 133 Å². The molecule has 1 saturated heterocycles. The summed E-state index contributed by atoms with van der Waals surface area (Å²) in [5.41, 5.74) is 0. The van der Waals surface area contributed by atoms with Crippen molar-refractivity contribution in [3.05, 3.63) is 24.5 Å². The van der Waals surface area contributed by atoms with Gasteiger partial charge >= 0.3 is 0 Å². The maximum Gasteiger partial charge on any atom is 0.223 e. The lowest BCUT2D eigenvalue weighted by Crippen LogP contribution is -2.41. The largest absolute Gasteiger partial charge is 0.353 e. The van der Waals surface area contributed by atoms with Crippen LogP contribution in [-0.4, -0.2) is 39.8 Å². The van der Waals surface area contributed by atoms with Crippen molar-refractivity contribution in [1.29, 1.82) is 0 Å². The van der Waals surface area contributed by atoms with Gasteiger partial charge in [-0.1, -0.05) is 11.3 Å². The monoisotopic (exact) mass is 317 g/mol. The van der Waals surface area contributed by atoms with Gasteiger partial charge in [0.05, 0.1) is 0 Å². The summed E-state index contributed by atoms with van der Waals surface area (Å²) < 4.78 is 1.97. The summed E-state index contributed by atoms with van der Waals surface area (Å²) in [6.45, 7) is 1.76. The summed E-state index contributed by atoms with van der Waals surface area (Å²) in [5, 5.41) is 13.5. The minimum Gasteiger partial charge on any atom is -0.353 e. The third kappa shape index (κ3) is 2.85. The van der Waals surface area contributed by atoms with Crippen molar-refractivity contribution in [3.63, 3.8) is 0 Å². The van der Waals surface area contributed by atoms with E-state index in [9.17, 15) is 4.79 Å². The van der Waals surface area contributed by atoms with E-state index in [4.69, 9.17) is 0 Å². The SMILES string of the molecule is O=C(NC1CC1)C1CCN(c2nnc(-n3cccc3)s2)CC1. The molecule has 7 heteroatoms. The Balaban J connectivity index is 1.36. The summed E-state index contributed by atoms with van der Waals surface area (Å²) in [6.07, 6.45) is 8.04. The lowest BCUT2D eigenvalue weighted by molar-refractivity contribution is -0.125. The average molecular weight is 317 g/mol. The van der Waals surface area contributed by atoms with E-state index in [0.717, 1.165) is 49.0 Å². The van der Waals surface area contributed by atoms with Crippen molar-refractivity contribution in [1.82, 2.24) is 20.1 Å². The van der Waals surface area contributed by atoms with Crippen LogP contribution in [0.2, 0.25) is 0 Å². The maximum atomic E-state index is 12.1. The number of aromatic nitrogens is 3. The summed E-state index contributed by atoms with van der Waals surface area (Å²) in [4.78, 5) is 14.3. The first-order chi connectivity index (χ1) is 10.8. The molecule has 2 fully saturated rings. The van der Waals surface area contributed by atoms with Gasteiger partial charge in [-0.25, -0.2) is 0 Å². The number of carbonyl (C=O) groups excluding carboxylic acids is 1. The van der Waals surface area contributed by atoms with E-state index in [1.54, 1.807) is 11.3 Å². The first-order valence-corrected chi connectivity index (χ1v) is 8.63. The molecule has 2 aliphatic rings. The molecule has 116 valence electrons. The van der Waals surface area contributed by atoms with Gasteiger partial charge in [0.2, 0.25) is 16.2 Å². The first-order valence-electron chi connectivity index (χ1n) is 7.82.